The maximum absolute atomic E-state index is 11.9. The van der Waals surface area contributed by atoms with Gasteiger partial charge in [-0.2, -0.15) is 0 Å². The summed E-state index contributed by atoms with van der Waals surface area (Å²) in [6.45, 7) is 11.9. The maximum atomic E-state index is 11.9. The lowest BCUT2D eigenvalue weighted by atomic mass is 9.93. The van der Waals surface area contributed by atoms with E-state index in [1.807, 2.05) is 47.6 Å². The van der Waals surface area contributed by atoms with Crippen LogP contribution in [-0.4, -0.2) is 11.9 Å². The fourth-order valence-corrected chi connectivity index (χ4v) is 2.03. The molecular formula is C15H22O2. The van der Waals surface area contributed by atoms with E-state index in [0.29, 0.717) is 6.42 Å². The number of rotatable bonds is 4. The lowest BCUT2D eigenvalue weighted by molar-refractivity contribution is 0.0987. The molecule has 1 rings (SSSR count). The van der Waals surface area contributed by atoms with Crippen LogP contribution in [0.4, 0.5) is 0 Å². The Kier molecular flexibility index (Phi) is 4.33. The van der Waals surface area contributed by atoms with Crippen molar-refractivity contribution in [2.24, 2.45) is 0 Å². The Hall–Kier alpha value is -1.31. The van der Waals surface area contributed by atoms with Crippen molar-refractivity contribution in [2.75, 3.05) is 0 Å². The Bertz CT molecular complexity index is 431. The molecule has 0 amide bonds. The molecular weight excluding hydrogens is 212 g/mol. The average molecular weight is 234 g/mol. The topological polar surface area (TPSA) is 26.3 Å². The minimum atomic E-state index is 0.153. The smallest absolute Gasteiger partial charge is 0.163 e. The predicted octanol–water partition coefficient (Wildman–Crippen LogP) is 3.99. The van der Waals surface area contributed by atoms with Crippen LogP contribution in [0.25, 0.3) is 0 Å². The summed E-state index contributed by atoms with van der Waals surface area (Å²) in [5, 5.41) is 0. The van der Waals surface area contributed by atoms with Crippen molar-refractivity contribution in [3.8, 4) is 5.75 Å². The second kappa shape index (κ2) is 5.35. The van der Waals surface area contributed by atoms with Crippen molar-refractivity contribution >= 4 is 5.78 Å². The summed E-state index contributed by atoms with van der Waals surface area (Å²) in [5.74, 6) is 1.10. The molecule has 1 aromatic carbocycles. The lowest BCUT2D eigenvalue weighted by Crippen LogP contribution is -2.10. The number of benzene rings is 1. The monoisotopic (exact) mass is 234 g/mol. The Labute approximate surface area is 104 Å². The zero-order valence-corrected chi connectivity index (χ0v) is 11.7. The number of ketones is 1. The van der Waals surface area contributed by atoms with Crippen molar-refractivity contribution in [2.45, 2.75) is 54.1 Å². The van der Waals surface area contributed by atoms with Gasteiger partial charge in [-0.15, -0.1) is 0 Å². The van der Waals surface area contributed by atoms with Crippen molar-refractivity contribution in [1.29, 1.82) is 0 Å². The van der Waals surface area contributed by atoms with Crippen LogP contribution < -0.4 is 4.74 Å². The highest BCUT2D eigenvalue weighted by Gasteiger charge is 2.16. The summed E-state index contributed by atoms with van der Waals surface area (Å²) < 4.78 is 5.76. The van der Waals surface area contributed by atoms with E-state index < -0.39 is 0 Å². The molecule has 0 saturated heterocycles. The van der Waals surface area contributed by atoms with Gasteiger partial charge in [-0.25, -0.2) is 0 Å². The first-order chi connectivity index (χ1) is 7.88. The summed E-state index contributed by atoms with van der Waals surface area (Å²) in [4.78, 5) is 11.9. The van der Waals surface area contributed by atoms with Crippen molar-refractivity contribution < 1.29 is 9.53 Å². The SMILES string of the molecule is CCC(=O)c1c(C)cc(OC(C)C)c(C)c1C. The molecule has 0 radical (unpaired) electrons. The molecule has 2 nitrogen and oxygen atoms in total. The van der Waals surface area contributed by atoms with E-state index in [2.05, 4.69) is 0 Å². The van der Waals surface area contributed by atoms with E-state index in [9.17, 15) is 4.79 Å². The van der Waals surface area contributed by atoms with Gasteiger partial charge < -0.3 is 4.74 Å². The van der Waals surface area contributed by atoms with Gasteiger partial charge in [-0.1, -0.05) is 6.92 Å². The third kappa shape index (κ3) is 2.87. The molecule has 94 valence electrons. The first-order valence-electron chi connectivity index (χ1n) is 6.19. The second-order valence-electron chi connectivity index (χ2n) is 4.76. The maximum Gasteiger partial charge on any atom is 0.163 e. The molecule has 0 unspecified atom stereocenters. The second-order valence-corrected chi connectivity index (χ2v) is 4.76. The van der Waals surface area contributed by atoms with E-state index in [1.54, 1.807) is 0 Å². The Balaban J connectivity index is 3.31. The fraction of sp³-hybridized carbons (Fsp3) is 0.533. The Morgan fingerprint density at radius 3 is 2.29 bits per heavy atom. The summed E-state index contributed by atoms with van der Waals surface area (Å²) in [6.07, 6.45) is 0.700. The van der Waals surface area contributed by atoms with E-state index >= 15 is 0 Å². The van der Waals surface area contributed by atoms with Crippen LogP contribution in [0.1, 0.15) is 54.2 Å². The molecule has 0 bridgehead atoms. The summed E-state index contributed by atoms with van der Waals surface area (Å²) in [6, 6.07) is 1.98. The molecule has 17 heavy (non-hydrogen) atoms. The van der Waals surface area contributed by atoms with Gasteiger partial charge in [0.1, 0.15) is 5.75 Å². The minimum Gasteiger partial charge on any atom is -0.491 e. The first kappa shape index (κ1) is 13.8. The highest BCUT2D eigenvalue weighted by atomic mass is 16.5. The minimum absolute atomic E-state index is 0.153. The number of Topliss-reactive ketones (excluding diaryl/α,β-unsaturated/α-hetero) is 1. The lowest BCUT2D eigenvalue weighted by Gasteiger charge is -2.18. The van der Waals surface area contributed by atoms with Crippen molar-refractivity contribution in [3.05, 3.63) is 28.3 Å². The number of hydrogen-bond acceptors (Lipinski definition) is 2. The summed E-state index contributed by atoms with van der Waals surface area (Å²) in [7, 11) is 0. The van der Waals surface area contributed by atoms with Gasteiger partial charge in [-0.05, 0) is 57.4 Å². The molecule has 0 N–H and O–H groups in total. The van der Waals surface area contributed by atoms with E-state index in [-0.39, 0.29) is 11.9 Å². The van der Waals surface area contributed by atoms with Crippen LogP contribution in [0.15, 0.2) is 6.07 Å². The van der Waals surface area contributed by atoms with Crippen LogP contribution in [0.2, 0.25) is 0 Å². The van der Waals surface area contributed by atoms with Crippen LogP contribution in [0.3, 0.4) is 0 Å². The molecule has 0 aliphatic carbocycles. The molecule has 2 heteroatoms. The van der Waals surface area contributed by atoms with Crippen LogP contribution in [-0.2, 0) is 0 Å². The van der Waals surface area contributed by atoms with Crippen LogP contribution >= 0.6 is 0 Å². The molecule has 0 atom stereocenters. The van der Waals surface area contributed by atoms with Crippen LogP contribution in [0, 0.1) is 20.8 Å². The van der Waals surface area contributed by atoms with Gasteiger partial charge in [-0.3, -0.25) is 4.79 Å². The van der Waals surface area contributed by atoms with Gasteiger partial charge in [0.25, 0.3) is 0 Å². The molecule has 1 aromatic rings. The third-order valence-corrected chi connectivity index (χ3v) is 3.01. The van der Waals surface area contributed by atoms with Crippen molar-refractivity contribution in [3.63, 3.8) is 0 Å². The molecule has 0 fully saturated rings. The first-order valence-corrected chi connectivity index (χ1v) is 6.19. The predicted molar refractivity (Wildman–Crippen MR) is 71.0 cm³/mol. The molecule has 0 aliphatic heterocycles. The van der Waals surface area contributed by atoms with E-state index in [4.69, 9.17) is 4.74 Å². The number of ether oxygens (including phenoxy) is 1. The summed E-state index contributed by atoms with van der Waals surface area (Å²) in [5.41, 5.74) is 3.99. The molecule has 0 saturated carbocycles. The highest BCUT2D eigenvalue weighted by molar-refractivity contribution is 5.99. The van der Waals surface area contributed by atoms with Gasteiger partial charge in [0.05, 0.1) is 6.10 Å². The van der Waals surface area contributed by atoms with E-state index in [0.717, 1.165) is 28.0 Å². The number of carbonyl (C=O) groups excluding carboxylic acids is 1. The summed E-state index contributed by atoms with van der Waals surface area (Å²) >= 11 is 0. The van der Waals surface area contributed by atoms with E-state index in [1.165, 1.54) is 0 Å². The average Bonchev–Trinajstić information content (AvgIpc) is 2.24. The highest BCUT2D eigenvalue weighted by Crippen LogP contribution is 2.29. The Morgan fingerprint density at radius 1 is 1.24 bits per heavy atom. The van der Waals surface area contributed by atoms with Gasteiger partial charge in [0.15, 0.2) is 5.78 Å². The number of carbonyl (C=O) groups is 1. The Morgan fingerprint density at radius 2 is 1.82 bits per heavy atom. The van der Waals surface area contributed by atoms with Gasteiger partial charge >= 0.3 is 0 Å². The zero-order valence-electron chi connectivity index (χ0n) is 11.7. The zero-order chi connectivity index (χ0) is 13.2. The normalized spacial score (nSPS) is 10.8. The molecule has 0 aliphatic rings. The largest absolute Gasteiger partial charge is 0.491 e. The number of hydrogen-bond donors (Lipinski definition) is 0. The van der Waals surface area contributed by atoms with Gasteiger partial charge in [0, 0.05) is 12.0 Å². The molecule has 0 aromatic heterocycles. The molecule has 0 spiro atoms. The quantitative estimate of drug-likeness (QED) is 0.736. The van der Waals surface area contributed by atoms with Crippen molar-refractivity contribution in [1.82, 2.24) is 0 Å². The number of aryl methyl sites for hydroxylation is 1. The van der Waals surface area contributed by atoms with Gasteiger partial charge in [0.2, 0.25) is 0 Å². The van der Waals surface area contributed by atoms with Crippen LogP contribution in [0.5, 0.6) is 5.75 Å². The third-order valence-electron chi connectivity index (χ3n) is 3.01. The molecule has 0 heterocycles. The standard InChI is InChI=1S/C15H22O2/c1-7-13(16)15-10(4)8-14(17-9(2)3)11(5)12(15)6/h8-9H,7H2,1-6H3. The fourth-order valence-electron chi connectivity index (χ4n) is 2.03.